The Kier molecular flexibility index (Phi) is 1.06. The van der Waals surface area contributed by atoms with Gasteiger partial charge >= 0.3 is 0 Å². The highest BCUT2D eigenvalue weighted by molar-refractivity contribution is 5.13. The number of hydrogen-bond acceptors (Lipinski definition) is 1. The molecule has 4 atom stereocenters. The van der Waals surface area contributed by atoms with Gasteiger partial charge in [0.1, 0.15) is 0 Å². The van der Waals surface area contributed by atoms with Crippen LogP contribution in [0.2, 0.25) is 0 Å². The van der Waals surface area contributed by atoms with Gasteiger partial charge in [-0.3, -0.25) is 4.39 Å². The fourth-order valence-electron chi connectivity index (χ4n) is 1.94. The minimum Gasteiger partial charge on any atom is -0.313 e. The highest BCUT2D eigenvalue weighted by Crippen LogP contribution is 2.49. The van der Waals surface area contributed by atoms with Crippen molar-refractivity contribution in [2.45, 2.75) is 13.0 Å². The van der Waals surface area contributed by atoms with E-state index in [4.69, 9.17) is 0 Å². The third-order valence-corrected chi connectivity index (χ3v) is 2.72. The SMILES string of the molecule is CC(CF)C1C2CNC21. The average Bonchev–Trinajstić information content (AvgIpc) is 2.32. The first-order valence-corrected chi connectivity index (χ1v) is 3.64. The minimum absolute atomic E-state index is 0.140. The standard InChI is InChI=1S/C7H12FN/c1-4(2-8)6-5-3-9-7(5)6/h4-7,9H,2-3H2,1H3. The van der Waals surface area contributed by atoms with E-state index in [0.717, 1.165) is 12.5 Å². The van der Waals surface area contributed by atoms with Gasteiger partial charge in [0.25, 0.3) is 0 Å². The molecular formula is C7H12FN. The Bertz CT molecular complexity index is 116. The molecule has 1 saturated carbocycles. The van der Waals surface area contributed by atoms with Gasteiger partial charge in [0, 0.05) is 12.6 Å². The number of alkyl halides is 1. The first kappa shape index (κ1) is 5.66. The maximum absolute atomic E-state index is 12.0. The molecule has 52 valence electrons. The van der Waals surface area contributed by atoms with E-state index in [1.807, 2.05) is 6.92 Å². The van der Waals surface area contributed by atoms with Gasteiger partial charge in [-0.1, -0.05) is 6.92 Å². The van der Waals surface area contributed by atoms with Crippen molar-refractivity contribution in [3.05, 3.63) is 0 Å². The lowest BCUT2D eigenvalue weighted by molar-refractivity contribution is 0.345. The Morgan fingerprint density at radius 2 is 2.44 bits per heavy atom. The third-order valence-electron chi connectivity index (χ3n) is 2.72. The van der Waals surface area contributed by atoms with Crippen LogP contribution in [-0.2, 0) is 0 Å². The smallest absolute Gasteiger partial charge is 0.0923 e. The van der Waals surface area contributed by atoms with Crippen molar-refractivity contribution < 1.29 is 4.39 Å². The zero-order valence-electron chi connectivity index (χ0n) is 5.60. The lowest BCUT2D eigenvalue weighted by Crippen LogP contribution is -2.32. The Morgan fingerprint density at radius 3 is 2.78 bits per heavy atom. The van der Waals surface area contributed by atoms with Crippen molar-refractivity contribution in [2.24, 2.45) is 17.8 Å². The van der Waals surface area contributed by atoms with Crippen molar-refractivity contribution in [1.82, 2.24) is 5.32 Å². The second-order valence-corrected chi connectivity index (χ2v) is 3.31. The van der Waals surface area contributed by atoms with Gasteiger partial charge in [-0.25, -0.2) is 0 Å². The highest BCUT2D eigenvalue weighted by atomic mass is 19.1. The minimum atomic E-state index is -0.140. The summed E-state index contributed by atoms with van der Waals surface area (Å²) < 4.78 is 12.0. The number of fused-ring (bicyclic) bond motifs is 1. The van der Waals surface area contributed by atoms with Crippen molar-refractivity contribution in [1.29, 1.82) is 0 Å². The molecule has 0 radical (unpaired) electrons. The summed E-state index contributed by atoms with van der Waals surface area (Å²) in [7, 11) is 0. The van der Waals surface area contributed by atoms with Gasteiger partial charge in [-0.15, -0.1) is 0 Å². The number of nitrogens with one attached hydrogen (secondary N) is 1. The van der Waals surface area contributed by atoms with Crippen molar-refractivity contribution in [3.63, 3.8) is 0 Å². The summed E-state index contributed by atoms with van der Waals surface area (Å²) >= 11 is 0. The van der Waals surface area contributed by atoms with Crippen LogP contribution >= 0.6 is 0 Å². The maximum Gasteiger partial charge on any atom is 0.0923 e. The fraction of sp³-hybridized carbons (Fsp3) is 1.00. The Labute approximate surface area is 54.6 Å². The first-order valence-electron chi connectivity index (χ1n) is 3.64. The van der Waals surface area contributed by atoms with Crippen LogP contribution in [0.1, 0.15) is 6.92 Å². The lowest BCUT2D eigenvalue weighted by atomic mass is 10.1. The zero-order valence-corrected chi connectivity index (χ0v) is 5.60. The van der Waals surface area contributed by atoms with E-state index in [-0.39, 0.29) is 6.67 Å². The predicted molar refractivity (Wildman–Crippen MR) is 33.9 cm³/mol. The van der Waals surface area contributed by atoms with Crippen molar-refractivity contribution in [2.75, 3.05) is 13.2 Å². The molecule has 4 unspecified atom stereocenters. The molecule has 2 rings (SSSR count). The van der Waals surface area contributed by atoms with Crippen LogP contribution in [0.15, 0.2) is 0 Å². The monoisotopic (exact) mass is 129 g/mol. The molecule has 0 aromatic carbocycles. The summed E-state index contributed by atoms with van der Waals surface area (Å²) in [6.45, 7) is 3.00. The zero-order chi connectivity index (χ0) is 6.43. The fourth-order valence-corrected chi connectivity index (χ4v) is 1.94. The summed E-state index contributed by atoms with van der Waals surface area (Å²) in [5.74, 6) is 1.82. The second-order valence-electron chi connectivity index (χ2n) is 3.31. The topological polar surface area (TPSA) is 12.0 Å². The molecule has 2 fully saturated rings. The van der Waals surface area contributed by atoms with Gasteiger partial charge in [0.2, 0.25) is 0 Å². The summed E-state index contributed by atoms with van der Waals surface area (Å²) in [6, 6.07) is 0.704. The molecule has 0 aromatic rings. The molecule has 2 heteroatoms. The van der Waals surface area contributed by atoms with Crippen molar-refractivity contribution in [3.8, 4) is 0 Å². The normalized spacial score (nSPS) is 49.3. The second kappa shape index (κ2) is 1.69. The molecule has 9 heavy (non-hydrogen) atoms. The van der Waals surface area contributed by atoms with E-state index in [0.29, 0.717) is 17.9 Å². The number of hydrogen-bond donors (Lipinski definition) is 1. The largest absolute Gasteiger partial charge is 0.313 e. The van der Waals surface area contributed by atoms with E-state index >= 15 is 0 Å². The molecule has 1 heterocycles. The maximum atomic E-state index is 12.0. The molecule has 0 amide bonds. The molecular weight excluding hydrogens is 117 g/mol. The molecule has 1 saturated heterocycles. The summed E-state index contributed by atoms with van der Waals surface area (Å²) in [6.07, 6.45) is 0. The van der Waals surface area contributed by atoms with E-state index in [1.54, 1.807) is 0 Å². The van der Waals surface area contributed by atoms with Crippen molar-refractivity contribution >= 4 is 0 Å². The van der Waals surface area contributed by atoms with Crippen LogP contribution in [-0.4, -0.2) is 19.3 Å². The van der Waals surface area contributed by atoms with Crippen LogP contribution in [0.5, 0.6) is 0 Å². The van der Waals surface area contributed by atoms with Gasteiger partial charge < -0.3 is 5.32 Å². The summed E-state index contributed by atoms with van der Waals surface area (Å²) in [5, 5.41) is 3.28. The average molecular weight is 129 g/mol. The van der Waals surface area contributed by atoms with Gasteiger partial charge in [0.15, 0.2) is 0 Å². The quantitative estimate of drug-likeness (QED) is 0.581. The van der Waals surface area contributed by atoms with E-state index in [9.17, 15) is 4.39 Å². The molecule has 0 aromatic heterocycles. The molecule has 2 aliphatic rings. The van der Waals surface area contributed by atoms with Crippen LogP contribution in [0.25, 0.3) is 0 Å². The van der Waals surface area contributed by atoms with Crippen LogP contribution in [0, 0.1) is 17.8 Å². The summed E-state index contributed by atoms with van der Waals surface area (Å²) in [5.41, 5.74) is 0. The molecule has 1 nitrogen and oxygen atoms in total. The Hall–Kier alpha value is -0.110. The van der Waals surface area contributed by atoms with E-state index < -0.39 is 0 Å². The molecule has 0 bridgehead atoms. The van der Waals surface area contributed by atoms with Crippen LogP contribution in [0.4, 0.5) is 4.39 Å². The van der Waals surface area contributed by atoms with Crippen LogP contribution < -0.4 is 5.32 Å². The Balaban J connectivity index is 1.87. The predicted octanol–water partition coefficient (Wildman–Crippen LogP) is 0.810. The van der Waals surface area contributed by atoms with Gasteiger partial charge in [-0.2, -0.15) is 0 Å². The van der Waals surface area contributed by atoms with E-state index in [2.05, 4.69) is 5.32 Å². The first-order chi connectivity index (χ1) is 4.34. The molecule has 1 N–H and O–H groups in total. The molecule has 1 aliphatic carbocycles. The third kappa shape index (κ3) is 0.627. The Morgan fingerprint density at radius 1 is 1.78 bits per heavy atom. The molecule has 1 aliphatic heterocycles. The number of rotatable bonds is 2. The lowest BCUT2D eigenvalue weighted by Gasteiger charge is -2.08. The summed E-state index contributed by atoms with van der Waals surface area (Å²) in [4.78, 5) is 0. The molecule has 0 spiro atoms. The number of halogens is 1. The van der Waals surface area contributed by atoms with Gasteiger partial charge in [-0.05, 0) is 17.8 Å². The van der Waals surface area contributed by atoms with Gasteiger partial charge in [0.05, 0.1) is 6.67 Å². The highest BCUT2D eigenvalue weighted by Gasteiger charge is 2.58. The van der Waals surface area contributed by atoms with E-state index in [1.165, 1.54) is 0 Å². The van der Waals surface area contributed by atoms with Crippen LogP contribution in [0.3, 0.4) is 0 Å².